The molecular weight excluding hydrogens is 341 g/mol. The van der Waals surface area contributed by atoms with Gasteiger partial charge < -0.3 is 10.1 Å². The Morgan fingerprint density at radius 3 is 2.64 bits per heavy atom. The molecule has 1 amide bonds. The molecule has 25 heavy (non-hydrogen) atoms. The van der Waals surface area contributed by atoms with Crippen LogP contribution in [0, 0.1) is 12.7 Å². The lowest BCUT2D eigenvalue weighted by Gasteiger charge is -2.12. The Balaban J connectivity index is 1.60. The van der Waals surface area contributed by atoms with E-state index < -0.39 is 0 Å². The number of rotatable bonds is 6. The standard InChI is InChI=1S/C18H20FN3O2S/c1-13-4-2-5-16(12-13)24-11-3-6-17(23)21-22-18(25)20-15-9-7-14(19)8-10-15/h2,4-5,7-10,12H,3,6,11H2,1H3,(H,21,23)(H2,20,22,25). The van der Waals surface area contributed by atoms with Crippen molar-refractivity contribution in [3.63, 3.8) is 0 Å². The number of amides is 1. The minimum Gasteiger partial charge on any atom is -0.494 e. The van der Waals surface area contributed by atoms with E-state index in [2.05, 4.69) is 16.2 Å². The van der Waals surface area contributed by atoms with Crippen LogP contribution in [0.3, 0.4) is 0 Å². The molecule has 0 bridgehead atoms. The summed E-state index contributed by atoms with van der Waals surface area (Å²) in [7, 11) is 0. The highest BCUT2D eigenvalue weighted by Gasteiger charge is 2.03. The van der Waals surface area contributed by atoms with Crippen LogP contribution in [0.15, 0.2) is 48.5 Å². The van der Waals surface area contributed by atoms with E-state index >= 15 is 0 Å². The molecule has 2 aromatic rings. The van der Waals surface area contributed by atoms with Gasteiger partial charge in [-0.15, -0.1) is 0 Å². The Morgan fingerprint density at radius 1 is 1.16 bits per heavy atom. The normalized spacial score (nSPS) is 10.0. The third-order valence-corrected chi connectivity index (χ3v) is 3.43. The number of hydrogen-bond acceptors (Lipinski definition) is 3. The number of carbonyl (C=O) groups excluding carboxylic acids is 1. The molecule has 0 aliphatic carbocycles. The molecule has 0 saturated carbocycles. The minimum absolute atomic E-state index is 0.198. The Bertz CT molecular complexity index is 723. The lowest BCUT2D eigenvalue weighted by Crippen LogP contribution is -2.43. The highest BCUT2D eigenvalue weighted by atomic mass is 32.1. The van der Waals surface area contributed by atoms with E-state index in [0.717, 1.165) is 11.3 Å². The Labute approximate surface area is 151 Å². The van der Waals surface area contributed by atoms with E-state index in [-0.39, 0.29) is 16.8 Å². The topological polar surface area (TPSA) is 62.4 Å². The van der Waals surface area contributed by atoms with Gasteiger partial charge in [0.15, 0.2) is 5.11 Å². The molecule has 2 rings (SSSR count). The average Bonchev–Trinajstić information content (AvgIpc) is 2.59. The van der Waals surface area contributed by atoms with Gasteiger partial charge >= 0.3 is 0 Å². The molecule has 0 radical (unpaired) electrons. The van der Waals surface area contributed by atoms with Gasteiger partial charge in [-0.25, -0.2) is 4.39 Å². The molecule has 0 heterocycles. The van der Waals surface area contributed by atoms with Crippen LogP contribution in [0.5, 0.6) is 5.75 Å². The van der Waals surface area contributed by atoms with Crippen molar-refractivity contribution in [2.24, 2.45) is 0 Å². The SMILES string of the molecule is Cc1cccc(OCCCC(=O)NNC(=S)Nc2ccc(F)cc2)c1. The summed E-state index contributed by atoms with van der Waals surface area (Å²) >= 11 is 5.04. The van der Waals surface area contributed by atoms with Gasteiger partial charge in [0.05, 0.1) is 6.61 Å². The number of halogens is 1. The molecule has 3 N–H and O–H groups in total. The quantitative estimate of drug-likeness (QED) is 0.419. The van der Waals surface area contributed by atoms with Crippen LogP contribution in [0.2, 0.25) is 0 Å². The fourth-order valence-electron chi connectivity index (χ4n) is 2.01. The van der Waals surface area contributed by atoms with Gasteiger partial charge in [-0.2, -0.15) is 0 Å². The fourth-order valence-corrected chi connectivity index (χ4v) is 2.18. The van der Waals surface area contributed by atoms with Gasteiger partial charge in [-0.1, -0.05) is 12.1 Å². The van der Waals surface area contributed by atoms with E-state index in [9.17, 15) is 9.18 Å². The van der Waals surface area contributed by atoms with Crippen molar-refractivity contribution in [3.05, 3.63) is 59.9 Å². The molecular formula is C18H20FN3O2S. The zero-order valence-corrected chi connectivity index (χ0v) is 14.7. The van der Waals surface area contributed by atoms with Gasteiger partial charge in [0.1, 0.15) is 11.6 Å². The summed E-state index contributed by atoms with van der Waals surface area (Å²) in [5.41, 5.74) is 6.85. The number of hydrazine groups is 1. The van der Waals surface area contributed by atoms with Crippen LogP contribution in [0.1, 0.15) is 18.4 Å². The summed E-state index contributed by atoms with van der Waals surface area (Å²) in [6.45, 7) is 2.45. The van der Waals surface area contributed by atoms with Crippen molar-refractivity contribution in [1.29, 1.82) is 0 Å². The van der Waals surface area contributed by atoms with Gasteiger partial charge in [-0.3, -0.25) is 15.6 Å². The van der Waals surface area contributed by atoms with Crippen molar-refractivity contribution in [2.45, 2.75) is 19.8 Å². The molecule has 0 saturated heterocycles. The third-order valence-electron chi connectivity index (χ3n) is 3.22. The van der Waals surface area contributed by atoms with E-state index in [1.807, 2.05) is 31.2 Å². The molecule has 5 nitrogen and oxygen atoms in total. The first kappa shape index (κ1) is 18.7. The maximum atomic E-state index is 12.8. The lowest BCUT2D eigenvalue weighted by molar-refractivity contribution is -0.121. The first-order chi connectivity index (χ1) is 12.0. The van der Waals surface area contributed by atoms with E-state index in [4.69, 9.17) is 17.0 Å². The fraction of sp³-hybridized carbons (Fsp3) is 0.222. The van der Waals surface area contributed by atoms with Crippen molar-refractivity contribution in [1.82, 2.24) is 10.9 Å². The molecule has 0 fully saturated rings. The summed E-state index contributed by atoms with van der Waals surface area (Å²) < 4.78 is 18.4. The highest BCUT2D eigenvalue weighted by molar-refractivity contribution is 7.80. The Hall–Kier alpha value is -2.67. The lowest BCUT2D eigenvalue weighted by atomic mass is 10.2. The summed E-state index contributed by atoms with van der Waals surface area (Å²) in [6.07, 6.45) is 0.886. The molecule has 0 aliphatic heterocycles. The second-order valence-electron chi connectivity index (χ2n) is 5.40. The van der Waals surface area contributed by atoms with Crippen LogP contribution >= 0.6 is 12.2 Å². The van der Waals surface area contributed by atoms with Gasteiger partial charge in [-0.05, 0) is 67.5 Å². The monoisotopic (exact) mass is 361 g/mol. The van der Waals surface area contributed by atoms with Gasteiger partial charge in [0, 0.05) is 12.1 Å². The number of benzene rings is 2. The largest absolute Gasteiger partial charge is 0.494 e. The summed E-state index contributed by atoms with van der Waals surface area (Å²) in [5.74, 6) is 0.268. The maximum absolute atomic E-state index is 12.8. The first-order valence-corrected chi connectivity index (χ1v) is 8.24. The molecule has 0 spiro atoms. The van der Waals surface area contributed by atoms with E-state index in [0.29, 0.717) is 25.1 Å². The van der Waals surface area contributed by atoms with E-state index in [1.165, 1.54) is 12.1 Å². The number of thiocarbonyl (C=S) groups is 1. The van der Waals surface area contributed by atoms with Crippen molar-refractivity contribution in [2.75, 3.05) is 11.9 Å². The number of anilines is 1. The smallest absolute Gasteiger partial charge is 0.238 e. The second-order valence-corrected chi connectivity index (χ2v) is 5.81. The minimum atomic E-state index is -0.328. The summed E-state index contributed by atoms with van der Waals surface area (Å²) in [5, 5.41) is 3.05. The van der Waals surface area contributed by atoms with Crippen LogP contribution in [0.25, 0.3) is 0 Å². The van der Waals surface area contributed by atoms with Crippen molar-refractivity contribution < 1.29 is 13.9 Å². The number of hydrogen-bond donors (Lipinski definition) is 3. The van der Waals surface area contributed by atoms with Crippen molar-refractivity contribution >= 4 is 28.9 Å². The first-order valence-electron chi connectivity index (χ1n) is 7.84. The molecule has 132 valence electrons. The van der Waals surface area contributed by atoms with Crippen LogP contribution in [-0.2, 0) is 4.79 Å². The predicted molar refractivity (Wildman–Crippen MR) is 99.8 cm³/mol. The van der Waals surface area contributed by atoms with Crippen molar-refractivity contribution in [3.8, 4) is 5.75 Å². The molecule has 0 aromatic heterocycles. The third kappa shape index (κ3) is 7.17. The summed E-state index contributed by atoms with van der Waals surface area (Å²) in [4.78, 5) is 11.7. The van der Waals surface area contributed by atoms with Crippen LogP contribution in [0.4, 0.5) is 10.1 Å². The zero-order valence-electron chi connectivity index (χ0n) is 13.8. The number of nitrogens with one attached hydrogen (secondary N) is 3. The summed E-state index contributed by atoms with van der Waals surface area (Å²) in [6, 6.07) is 13.5. The Morgan fingerprint density at radius 2 is 1.92 bits per heavy atom. The predicted octanol–water partition coefficient (Wildman–Crippen LogP) is 3.31. The average molecular weight is 361 g/mol. The Kier molecular flexibility index (Phi) is 7.16. The van der Waals surface area contributed by atoms with Crippen LogP contribution < -0.4 is 20.9 Å². The zero-order chi connectivity index (χ0) is 18.1. The van der Waals surface area contributed by atoms with E-state index in [1.54, 1.807) is 12.1 Å². The molecule has 7 heteroatoms. The second kappa shape index (κ2) is 9.58. The van der Waals surface area contributed by atoms with Gasteiger partial charge in [0.2, 0.25) is 5.91 Å². The molecule has 0 atom stereocenters. The molecule has 0 unspecified atom stereocenters. The van der Waals surface area contributed by atoms with Gasteiger partial charge in [0.25, 0.3) is 0 Å². The maximum Gasteiger partial charge on any atom is 0.238 e. The van der Waals surface area contributed by atoms with Crippen LogP contribution in [-0.4, -0.2) is 17.6 Å². The molecule has 2 aromatic carbocycles. The number of aryl methyl sites for hydroxylation is 1. The number of carbonyl (C=O) groups is 1. The molecule has 0 aliphatic rings. The highest BCUT2D eigenvalue weighted by Crippen LogP contribution is 2.12. The number of ether oxygens (including phenoxy) is 1.